The van der Waals surface area contributed by atoms with Gasteiger partial charge in [-0.2, -0.15) is 0 Å². The first kappa shape index (κ1) is 11.4. The molecule has 5 nitrogen and oxygen atoms in total. The van der Waals surface area contributed by atoms with Crippen LogP contribution < -0.4 is 0 Å². The lowest BCUT2D eigenvalue weighted by Gasteiger charge is -2.19. The van der Waals surface area contributed by atoms with E-state index in [1.165, 1.54) is 0 Å². The van der Waals surface area contributed by atoms with Crippen molar-refractivity contribution >= 4 is 11.8 Å². The fraction of sp³-hybridized carbons (Fsp3) is 0.818. The first-order chi connectivity index (χ1) is 7.66. The number of aliphatic hydroxyl groups is 1. The Morgan fingerprint density at radius 2 is 2.06 bits per heavy atom. The molecule has 0 aliphatic carbocycles. The van der Waals surface area contributed by atoms with Crippen molar-refractivity contribution in [1.29, 1.82) is 0 Å². The molecule has 2 rings (SSSR count). The van der Waals surface area contributed by atoms with Crippen LogP contribution >= 0.6 is 0 Å². The van der Waals surface area contributed by atoms with Gasteiger partial charge in [0.25, 0.3) is 0 Å². The topological polar surface area (TPSA) is 60.9 Å². The molecule has 2 heterocycles. The van der Waals surface area contributed by atoms with Gasteiger partial charge in [-0.15, -0.1) is 0 Å². The Kier molecular flexibility index (Phi) is 3.43. The second kappa shape index (κ2) is 4.82. The molecular formula is C11H18N2O3. The number of hydrogen-bond acceptors (Lipinski definition) is 3. The summed E-state index contributed by atoms with van der Waals surface area (Å²) in [6.45, 7) is 2.54. The minimum absolute atomic E-state index is 0.0401. The number of nitrogens with zero attached hydrogens (tertiary/aromatic N) is 2. The van der Waals surface area contributed by atoms with Gasteiger partial charge in [0, 0.05) is 32.6 Å². The molecule has 5 heteroatoms. The van der Waals surface area contributed by atoms with Crippen molar-refractivity contribution in [3.63, 3.8) is 0 Å². The Balaban J connectivity index is 1.74. The van der Waals surface area contributed by atoms with E-state index in [2.05, 4.69) is 0 Å². The number of amides is 2. The van der Waals surface area contributed by atoms with Crippen LogP contribution in [0.3, 0.4) is 0 Å². The molecule has 2 amide bonds. The zero-order chi connectivity index (χ0) is 11.5. The maximum atomic E-state index is 11.7. The monoisotopic (exact) mass is 226 g/mol. The number of rotatable bonds is 3. The van der Waals surface area contributed by atoms with Gasteiger partial charge >= 0.3 is 0 Å². The lowest BCUT2D eigenvalue weighted by atomic mass is 10.3. The van der Waals surface area contributed by atoms with Crippen LogP contribution in [0.15, 0.2) is 0 Å². The standard InChI is InChI=1S/C11H18N2O3/c14-9-7-11(16)13(8-9)6-3-10(15)12-4-1-2-5-12/h9,14H,1-8H2. The first-order valence-electron chi connectivity index (χ1n) is 5.90. The zero-order valence-corrected chi connectivity index (χ0v) is 9.39. The van der Waals surface area contributed by atoms with E-state index in [1.807, 2.05) is 4.90 Å². The molecule has 2 aliphatic rings. The van der Waals surface area contributed by atoms with Gasteiger partial charge in [0.2, 0.25) is 11.8 Å². The number of carbonyl (C=O) groups is 2. The number of β-amino-alcohol motifs (C(OH)–C–C–N with tert-alkyl or cyclic N) is 1. The number of aliphatic hydroxyl groups excluding tert-OH is 1. The van der Waals surface area contributed by atoms with E-state index in [4.69, 9.17) is 0 Å². The van der Waals surface area contributed by atoms with Crippen LogP contribution in [0.4, 0.5) is 0 Å². The third kappa shape index (κ3) is 2.52. The Bertz CT molecular complexity index is 287. The highest BCUT2D eigenvalue weighted by Crippen LogP contribution is 2.13. The van der Waals surface area contributed by atoms with E-state index in [9.17, 15) is 14.7 Å². The van der Waals surface area contributed by atoms with Gasteiger partial charge in [0.1, 0.15) is 0 Å². The molecule has 0 spiro atoms. The average molecular weight is 226 g/mol. The summed E-state index contributed by atoms with van der Waals surface area (Å²) in [5.74, 6) is 0.0911. The van der Waals surface area contributed by atoms with Crippen LogP contribution in [0.1, 0.15) is 25.7 Å². The smallest absolute Gasteiger partial charge is 0.225 e. The third-order valence-corrected chi connectivity index (χ3v) is 3.25. The minimum atomic E-state index is -0.547. The maximum absolute atomic E-state index is 11.7. The quantitative estimate of drug-likeness (QED) is 0.712. The maximum Gasteiger partial charge on any atom is 0.225 e. The summed E-state index contributed by atoms with van der Waals surface area (Å²) in [4.78, 5) is 26.5. The molecule has 2 saturated heterocycles. The molecule has 0 saturated carbocycles. The van der Waals surface area contributed by atoms with Crippen molar-refractivity contribution in [2.45, 2.75) is 31.8 Å². The first-order valence-corrected chi connectivity index (χ1v) is 5.90. The van der Waals surface area contributed by atoms with E-state index >= 15 is 0 Å². The Morgan fingerprint density at radius 1 is 1.38 bits per heavy atom. The molecule has 1 unspecified atom stereocenters. The summed E-state index contributed by atoms with van der Waals surface area (Å²) in [6.07, 6.45) is 2.23. The van der Waals surface area contributed by atoms with Gasteiger partial charge in [0.05, 0.1) is 12.5 Å². The summed E-state index contributed by atoms with van der Waals surface area (Å²) in [5.41, 5.74) is 0. The molecular weight excluding hydrogens is 208 g/mol. The molecule has 0 aromatic carbocycles. The lowest BCUT2D eigenvalue weighted by Crippen LogP contribution is -2.33. The number of carbonyl (C=O) groups excluding carboxylic acids is 2. The second-order valence-electron chi connectivity index (χ2n) is 4.54. The Labute approximate surface area is 95.0 Å². The van der Waals surface area contributed by atoms with E-state index in [-0.39, 0.29) is 18.2 Å². The van der Waals surface area contributed by atoms with E-state index < -0.39 is 6.10 Å². The summed E-state index contributed by atoms with van der Waals surface area (Å²) in [5, 5.41) is 9.29. The van der Waals surface area contributed by atoms with Gasteiger partial charge < -0.3 is 14.9 Å². The van der Waals surface area contributed by atoms with Crippen molar-refractivity contribution in [1.82, 2.24) is 9.80 Å². The van der Waals surface area contributed by atoms with Crippen LogP contribution in [0.5, 0.6) is 0 Å². The molecule has 0 radical (unpaired) electrons. The van der Waals surface area contributed by atoms with E-state index in [0.29, 0.717) is 19.5 Å². The summed E-state index contributed by atoms with van der Waals surface area (Å²) in [6, 6.07) is 0. The van der Waals surface area contributed by atoms with E-state index in [0.717, 1.165) is 25.9 Å². The molecule has 1 N–H and O–H groups in total. The Morgan fingerprint density at radius 3 is 2.62 bits per heavy atom. The van der Waals surface area contributed by atoms with Crippen molar-refractivity contribution in [3.05, 3.63) is 0 Å². The number of likely N-dealkylation sites (tertiary alicyclic amines) is 2. The molecule has 90 valence electrons. The lowest BCUT2D eigenvalue weighted by molar-refractivity contribution is -0.132. The molecule has 0 aromatic rings. The largest absolute Gasteiger partial charge is 0.391 e. The van der Waals surface area contributed by atoms with E-state index in [1.54, 1.807) is 4.90 Å². The third-order valence-electron chi connectivity index (χ3n) is 3.25. The molecule has 0 bridgehead atoms. The van der Waals surface area contributed by atoms with Crippen LogP contribution in [0.2, 0.25) is 0 Å². The van der Waals surface area contributed by atoms with Crippen molar-refractivity contribution in [2.75, 3.05) is 26.2 Å². The SMILES string of the molecule is O=C(CCN1CC(O)CC1=O)N1CCCC1. The van der Waals surface area contributed by atoms with Crippen molar-refractivity contribution in [3.8, 4) is 0 Å². The fourth-order valence-electron chi connectivity index (χ4n) is 2.32. The van der Waals surface area contributed by atoms with Gasteiger partial charge in [-0.1, -0.05) is 0 Å². The van der Waals surface area contributed by atoms with Crippen molar-refractivity contribution < 1.29 is 14.7 Å². The van der Waals surface area contributed by atoms with Crippen LogP contribution in [0, 0.1) is 0 Å². The zero-order valence-electron chi connectivity index (χ0n) is 9.39. The van der Waals surface area contributed by atoms with Crippen LogP contribution in [-0.2, 0) is 9.59 Å². The Hall–Kier alpha value is -1.10. The average Bonchev–Trinajstić information content (AvgIpc) is 2.84. The van der Waals surface area contributed by atoms with Crippen molar-refractivity contribution in [2.24, 2.45) is 0 Å². The highest BCUT2D eigenvalue weighted by atomic mass is 16.3. The summed E-state index contributed by atoms with van der Waals surface area (Å²) in [7, 11) is 0. The molecule has 16 heavy (non-hydrogen) atoms. The second-order valence-corrected chi connectivity index (χ2v) is 4.54. The number of hydrogen-bond donors (Lipinski definition) is 1. The van der Waals surface area contributed by atoms with Crippen LogP contribution in [-0.4, -0.2) is 59.0 Å². The normalized spacial score (nSPS) is 25.6. The minimum Gasteiger partial charge on any atom is -0.391 e. The van der Waals surface area contributed by atoms with Gasteiger partial charge in [-0.25, -0.2) is 0 Å². The molecule has 1 atom stereocenters. The predicted molar refractivity (Wildman–Crippen MR) is 57.6 cm³/mol. The molecule has 2 aliphatic heterocycles. The highest BCUT2D eigenvalue weighted by molar-refractivity contribution is 5.81. The van der Waals surface area contributed by atoms with Gasteiger partial charge in [-0.3, -0.25) is 9.59 Å². The molecule has 2 fully saturated rings. The predicted octanol–water partition coefficient (Wildman–Crippen LogP) is -0.408. The van der Waals surface area contributed by atoms with Gasteiger partial charge in [-0.05, 0) is 12.8 Å². The summed E-state index contributed by atoms with van der Waals surface area (Å²) < 4.78 is 0. The fourth-order valence-corrected chi connectivity index (χ4v) is 2.32. The van der Waals surface area contributed by atoms with Crippen LogP contribution in [0.25, 0.3) is 0 Å². The highest BCUT2D eigenvalue weighted by Gasteiger charge is 2.28. The molecule has 0 aromatic heterocycles. The van der Waals surface area contributed by atoms with Gasteiger partial charge in [0.15, 0.2) is 0 Å². The summed E-state index contributed by atoms with van der Waals surface area (Å²) >= 11 is 0.